The normalized spacial score (nSPS) is 19.6. The molecule has 2 N–H and O–H groups in total. The van der Waals surface area contributed by atoms with Crippen molar-refractivity contribution < 1.29 is 0 Å². The van der Waals surface area contributed by atoms with Crippen molar-refractivity contribution in [3.05, 3.63) is 0 Å². The third-order valence-electron chi connectivity index (χ3n) is 3.79. The topological polar surface area (TPSA) is 32.5 Å². The smallest absolute Gasteiger partial charge is 0.0330 e. The third kappa shape index (κ3) is 3.44. The molecule has 0 amide bonds. The molecule has 0 aromatic heterocycles. The van der Waals surface area contributed by atoms with Crippen LogP contribution in [0.5, 0.6) is 0 Å². The lowest BCUT2D eigenvalue weighted by Crippen LogP contribution is -2.56. The van der Waals surface area contributed by atoms with Gasteiger partial charge in [0.05, 0.1) is 0 Å². The number of hydrogen-bond donors (Lipinski definition) is 1. The van der Waals surface area contributed by atoms with E-state index in [1.54, 1.807) is 0 Å². The fourth-order valence-electron chi connectivity index (χ4n) is 2.44. The van der Waals surface area contributed by atoms with Gasteiger partial charge in [-0.2, -0.15) is 0 Å². The maximum absolute atomic E-state index is 5.50. The van der Waals surface area contributed by atoms with E-state index in [-0.39, 0.29) is 0 Å². The first-order valence-corrected chi connectivity index (χ1v) is 6.17. The summed E-state index contributed by atoms with van der Waals surface area (Å²) in [4.78, 5) is 4.88. The molecular formula is C12H27N3. The van der Waals surface area contributed by atoms with Crippen molar-refractivity contribution in [1.29, 1.82) is 0 Å². The molecule has 0 aliphatic heterocycles. The number of hydrogen-bond acceptors (Lipinski definition) is 3. The van der Waals surface area contributed by atoms with Gasteiger partial charge in [0.25, 0.3) is 0 Å². The van der Waals surface area contributed by atoms with Crippen LogP contribution in [0.25, 0.3) is 0 Å². The Labute approximate surface area is 94.6 Å². The molecule has 0 saturated heterocycles. The fraction of sp³-hybridized carbons (Fsp3) is 1.00. The molecule has 0 aromatic carbocycles. The summed E-state index contributed by atoms with van der Waals surface area (Å²) in [6.07, 6.45) is 6.51. The van der Waals surface area contributed by atoms with Crippen molar-refractivity contribution in [3.8, 4) is 0 Å². The predicted molar refractivity (Wildman–Crippen MR) is 66.1 cm³/mol. The molecule has 3 nitrogen and oxygen atoms in total. The summed E-state index contributed by atoms with van der Waals surface area (Å²) >= 11 is 0. The Morgan fingerprint density at radius 2 is 1.80 bits per heavy atom. The summed E-state index contributed by atoms with van der Waals surface area (Å²) in [5.74, 6) is 0. The molecule has 0 atom stereocenters. The minimum absolute atomic E-state index is 0.470. The zero-order valence-electron chi connectivity index (χ0n) is 10.6. The largest absolute Gasteiger partial charge is 0.330 e. The van der Waals surface area contributed by atoms with Gasteiger partial charge < -0.3 is 15.5 Å². The van der Waals surface area contributed by atoms with Crippen LogP contribution in [0.1, 0.15) is 32.1 Å². The van der Waals surface area contributed by atoms with Crippen molar-refractivity contribution in [2.45, 2.75) is 37.6 Å². The van der Waals surface area contributed by atoms with Crippen LogP contribution >= 0.6 is 0 Å². The maximum Gasteiger partial charge on any atom is 0.0330 e. The van der Waals surface area contributed by atoms with Crippen LogP contribution in [-0.2, 0) is 0 Å². The maximum atomic E-state index is 5.50. The molecule has 0 heterocycles. The lowest BCUT2D eigenvalue weighted by molar-refractivity contribution is 0.0276. The Morgan fingerprint density at radius 3 is 2.20 bits per heavy atom. The number of rotatable bonds is 7. The zero-order valence-corrected chi connectivity index (χ0v) is 10.6. The zero-order chi connectivity index (χ0) is 11.3. The fourth-order valence-corrected chi connectivity index (χ4v) is 2.44. The minimum Gasteiger partial charge on any atom is -0.330 e. The standard InChI is InChI=1S/C12H27N3/c1-14(2)12(7-6-8-12)11-15(3)10-5-4-9-13/h4-11,13H2,1-3H3. The number of nitrogens with two attached hydrogens (primary N) is 1. The van der Waals surface area contributed by atoms with Crippen LogP contribution < -0.4 is 5.73 Å². The van der Waals surface area contributed by atoms with E-state index in [1.165, 1.54) is 38.8 Å². The first-order chi connectivity index (χ1) is 7.10. The first kappa shape index (κ1) is 12.9. The van der Waals surface area contributed by atoms with E-state index in [4.69, 9.17) is 5.73 Å². The van der Waals surface area contributed by atoms with Gasteiger partial charge in [-0.15, -0.1) is 0 Å². The van der Waals surface area contributed by atoms with E-state index in [0.29, 0.717) is 5.54 Å². The second-order valence-corrected chi connectivity index (χ2v) is 5.21. The van der Waals surface area contributed by atoms with Gasteiger partial charge in [-0.3, -0.25) is 0 Å². The van der Waals surface area contributed by atoms with Gasteiger partial charge in [-0.1, -0.05) is 0 Å². The van der Waals surface area contributed by atoms with Gasteiger partial charge in [-0.25, -0.2) is 0 Å². The highest BCUT2D eigenvalue weighted by atomic mass is 15.2. The first-order valence-electron chi connectivity index (χ1n) is 6.17. The summed E-state index contributed by atoms with van der Waals surface area (Å²) in [6, 6.07) is 0. The van der Waals surface area contributed by atoms with Gasteiger partial charge in [-0.05, 0) is 66.3 Å². The predicted octanol–water partition coefficient (Wildman–Crippen LogP) is 1.14. The number of unbranched alkanes of at least 4 members (excludes halogenated alkanes) is 1. The molecule has 15 heavy (non-hydrogen) atoms. The van der Waals surface area contributed by atoms with E-state index < -0.39 is 0 Å². The molecule has 1 aliphatic rings. The molecule has 0 aromatic rings. The van der Waals surface area contributed by atoms with Crippen molar-refractivity contribution in [1.82, 2.24) is 9.80 Å². The third-order valence-corrected chi connectivity index (χ3v) is 3.79. The summed E-state index contributed by atoms with van der Waals surface area (Å²) in [5, 5.41) is 0. The molecule has 1 aliphatic carbocycles. The Morgan fingerprint density at radius 1 is 1.13 bits per heavy atom. The summed E-state index contributed by atoms with van der Waals surface area (Å²) in [5.41, 5.74) is 5.97. The van der Waals surface area contributed by atoms with Crippen molar-refractivity contribution >= 4 is 0 Å². The molecule has 1 fully saturated rings. The molecule has 0 spiro atoms. The molecule has 1 rings (SSSR count). The van der Waals surface area contributed by atoms with Crippen molar-refractivity contribution in [2.75, 3.05) is 40.8 Å². The van der Waals surface area contributed by atoms with Gasteiger partial charge in [0.1, 0.15) is 0 Å². The lowest BCUT2D eigenvalue weighted by Gasteiger charge is -2.49. The van der Waals surface area contributed by atoms with Gasteiger partial charge >= 0.3 is 0 Å². The van der Waals surface area contributed by atoms with E-state index in [1.807, 2.05) is 0 Å². The minimum atomic E-state index is 0.470. The Balaban J connectivity index is 2.26. The number of nitrogens with zero attached hydrogens (tertiary/aromatic N) is 2. The average molecular weight is 213 g/mol. The quantitative estimate of drug-likeness (QED) is 0.644. The molecule has 0 bridgehead atoms. The summed E-state index contributed by atoms with van der Waals surface area (Å²) in [6.45, 7) is 3.23. The summed E-state index contributed by atoms with van der Waals surface area (Å²) < 4.78 is 0. The molecule has 0 unspecified atom stereocenters. The van der Waals surface area contributed by atoms with Crippen LogP contribution in [-0.4, -0.2) is 56.1 Å². The van der Waals surface area contributed by atoms with E-state index in [9.17, 15) is 0 Å². The second-order valence-electron chi connectivity index (χ2n) is 5.21. The second kappa shape index (κ2) is 5.83. The van der Waals surface area contributed by atoms with Gasteiger partial charge in [0, 0.05) is 12.1 Å². The van der Waals surface area contributed by atoms with Gasteiger partial charge in [0.15, 0.2) is 0 Å². The Bertz CT molecular complexity index is 176. The average Bonchev–Trinajstić information content (AvgIpc) is 2.11. The molecule has 1 saturated carbocycles. The Hall–Kier alpha value is -0.120. The van der Waals surface area contributed by atoms with Crippen LogP contribution in [0, 0.1) is 0 Å². The highest BCUT2D eigenvalue weighted by Gasteiger charge is 2.39. The highest BCUT2D eigenvalue weighted by Crippen LogP contribution is 2.36. The molecule has 0 radical (unpaired) electrons. The molecular weight excluding hydrogens is 186 g/mol. The Kier molecular flexibility index (Phi) is 5.03. The van der Waals surface area contributed by atoms with E-state index >= 15 is 0 Å². The van der Waals surface area contributed by atoms with Crippen molar-refractivity contribution in [2.24, 2.45) is 5.73 Å². The molecule has 3 heteroatoms. The lowest BCUT2D eigenvalue weighted by atomic mass is 9.75. The van der Waals surface area contributed by atoms with Crippen molar-refractivity contribution in [3.63, 3.8) is 0 Å². The van der Waals surface area contributed by atoms with E-state index in [0.717, 1.165) is 13.0 Å². The van der Waals surface area contributed by atoms with E-state index in [2.05, 4.69) is 30.9 Å². The highest BCUT2D eigenvalue weighted by molar-refractivity contribution is 4.97. The monoisotopic (exact) mass is 213 g/mol. The van der Waals surface area contributed by atoms with Gasteiger partial charge in [0.2, 0.25) is 0 Å². The summed E-state index contributed by atoms with van der Waals surface area (Å²) in [7, 11) is 6.67. The molecule has 90 valence electrons. The van der Waals surface area contributed by atoms with Crippen LogP contribution in [0.4, 0.5) is 0 Å². The number of likely N-dealkylation sites (N-methyl/N-ethyl adjacent to an activating group) is 2. The van der Waals surface area contributed by atoms with Crippen LogP contribution in [0.3, 0.4) is 0 Å². The SMILES string of the molecule is CN(CCCCN)CC1(N(C)C)CCC1. The van der Waals surface area contributed by atoms with Crippen LogP contribution in [0.2, 0.25) is 0 Å². The van der Waals surface area contributed by atoms with Crippen LogP contribution in [0.15, 0.2) is 0 Å².